The van der Waals surface area contributed by atoms with Gasteiger partial charge in [0.1, 0.15) is 6.35 Å². The second-order valence-corrected chi connectivity index (χ2v) is 4.38. The van der Waals surface area contributed by atoms with E-state index in [1.807, 2.05) is 0 Å². The van der Waals surface area contributed by atoms with Crippen molar-refractivity contribution in [2.45, 2.75) is 0 Å². The summed E-state index contributed by atoms with van der Waals surface area (Å²) in [6, 6.07) is 8.12. The second kappa shape index (κ2) is 4.81. The summed E-state index contributed by atoms with van der Waals surface area (Å²) in [5.74, 6) is 0. The number of aliphatic hydroxyl groups is 1. The fraction of sp³-hybridized carbons (Fsp3) is 0.143. The van der Waals surface area contributed by atoms with Gasteiger partial charge in [-0.1, -0.05) is 18.2 Å². The van der Waals surface area contributed by atoms with Crippen molar-refractivity contribution in [1.29, 1.82) is 0 Å². The Morgan fingerprint density at radius 1 is 1.25 bits per heavy atom. The Morgan fingerprint density at radius 2 is 1.75 bits per heavy atom. The first-order valence-corrected chi connectivity index (χ1v) is 4.99. The van der Waals surface area contributed by atoms with Crippen LogP contribution in [0.1, 0.15) is 0 Å². The van der Waals surface area contributed by atoms with Gasteiger partial charge in [0.2, 0.25) is 0 Å². The lowest BCUT2D eigenvalue weighted by molar-refractivity contribution is 0.337. The third kappa shape index (κ3) is 2.75. The molecule has 0 spiro atoms. The number of benzene rings is 1. The molecule has 0 bridgehead atoms. The van der Waals surface area contributed by atoms with Crippen LogP contribution in [0.5, 0.6) is 0 Å². The van der Waals surface area contributed by atoms with Gasteiger partial charge in [-0.25, -0.2) is 0 Å². The van der Waals surface area contributed by atoms with Crippen molar-refractivity contribution in [2.24, 2.45) is 0 Å². The molecule has 66 valence electrons. The number of aliphatic hydroxyl groups excluding tert-OH is 1. The monoisotopic (exact) mass is 202 g/mol. The topological polar surface area (TPSA) is 57.5 Å². The van der Waals surface area contributed by atoms with Crippen LogP contribution >= 0.6 is 7.37 Å². The molecule has 0 heterocycles. The minimum Gasteiger partial charge on any atom is -0.386 e. The standard InChI is InChI=1S/C7H9O3P.Al.3H/c8-6-11(9,10)7-4-2-1-3-5-7;;;;/h1-5,8H,6H2,(H,9,10);;;;. The SMILES string of the molecule is O=P(O)(CO)c1ccccc1.[AlH3]. The Morgan fingerprint density at radius 3 is 2.17 bits per heavy atom. The van der Waals surface area contributed by atoms with Gasteiger partial charge in [0.15, 0.2) is 17.4 Å². The van der Waals surface area contributed by atoms with Crippen LogP contribution in [0.25, 0.3) is 0 Å². The van der Waals surface area contributed by atoms with Crippen molar-refractivity contribution in [2.75, 3.05) is 6.35 Å². The van der Waals surface area contributed by atoms with Crippen LogP contribution in [-0.4, -0.2) is 33.7 Å². The van der Waals surface area contributed by atoms with Gasteiger partial charge in [0.25, 0.3) is 7.37 Å². The second-order valence-electron chi connectivity index (χ2n) is 2.18. The average molecular weight is 202 g/mol. The highest BCUT2D eigenvalue weighted by Crippen LogP contribution is 2.36. The molecule has 1 aromatic carbocycles. The van der Waals surface area contributed by atoms with Crippen molar-refractivity contribution >= 4 is 30.0 Å². The Bertz CT molecular complexity index is 275. The summed E-state index contributed by atoms with van der Waals surface area (Å²) >= 11 is 0. The van der Waals surface area contributed by atoms with Crippen LogP contribution in [0.3, 0.4) is 0 Å². The zero-order chi connectivity index (χ0) is 8.32. The molecule has 0 amide bonds. The van der Waals surface area contributed by atoms with E-state index in [0.29, 0.717) is 5.30 Å². The molecule has 0 aliphatic heterocycles. The highest BCUT2D eigenvalue weighted by molar-refractivity contribution is 7.65. The lowest BCUT2D eigenvalue weighted by Crippen LogP contribution is -2.05. The molecule has 0 fully saturated rings. The number of hydrogen-bond donors (Lipinski definition) is 2. The normalized spacial score (nSPS) is 14.5. The largest absolute Gasteiger partial charge is 0.386 e. The Hall–Kier alpha value is -0.0975. The van der Waals surface area contributed by atoms with Crippen LogP contribution in [0, 0.1) is 0 Å². The van der Waals surface area contributed by atoms with Gasteiger partial charge in [0.05, 0.1) is 0 Å². The average Bonchev–Trinajstić information content (AvgIpc) is 2.06. The summed E-state index contributed by atoms with van der Waals surface area (Å²) in [7, 11) is -3.47. The fourth-order valence-corrected chi connectivity index (χ4v) is 1.54. The molecule has 1 atom stereocenters. The molecular formula is C7H12AlO3P. The predicted octanol–water partition coefficient (Wildman–Crippen LogP) is -0.652. The van der Waals surface area contributed by atoms with E-state index in [9.17, 15) is 4.57 Å². The Balaban J connectivity index is 0.00000121. The summed E-state index contributed by atoms with van der Waals surface area (Å²) in [5, 5.41) is 8.83. The molecule has 0 saturated heterocycles. The lowest BCUT2D eigenvalue weighted by atomic mass is 10.4. The molecule has 0 aliphatic rings. The molecule has 0 aliphatic carbocycles. The quantitative estimate of drug-likeness (QED) is 0.495. The third-order valence-corrected chi connectivity index (χ3v) is 2.84. The van der Waals surface area contributed by atoms with Crippen molar-refractivity contribution < 1.29 is 14.6 Å². The Labute approximate surface area is 81.6 Å². The minimum atomic E-state index is -3.47. The molecule has 12 heavy (non-hydrogen) atoms. The van der Waals surface area contributed by atoms with Gasteiger partial charge in [0, 0.05) is 5.30 Å². The van der Waals surface area contributed by atoms with E-state index in [1.54, 1.807) is 18.2 Å². The van der Waals surface area contributed by atoms with Gasteiger partial charge >= 0.3 is 0 Å². The molecule has 0 aromatic heterocycles. The fourth-order valence-electron chi connectivity index (χ4n) is 0.743. The predicted molar refractivity (Wildman–Crippen MR) is 52.9 cm³/mol. The van der Waals surface area contributed by atoms with E-state index in [0.717, 1.165) is 0 Å². The van der Waals surface area contributed by atoms with E-state index in [-0.39, 0.29) is 17.4 Å². The Kier molecular flexibility index (Phi) is 4.77. The van der Waals surface area contributed by atoms with E-state index < -0.39 is 13.7 Å². The van der Waals surface area contributed by atoms with Gasteiger partial charge < -0.3 is 10.00 Å². The first-order valence-electron chi connectivity index (χ1n) is 3.15. The maximum Gasteiger partial charge on any atom is 0.254 e. The van der Waals surface area contributed by atoms with E-state index in [4.69, 9.17) is 10.00 Å². The summed E-state index contributed by atoms with van der Waals surface area (Å²) in [4.78, 5) is 9.10. The zero-order valence-corrected chi connectivity index (χ0v) is 6.74. The maximum atomic E-state index is 11.1. The van der Waals surface area contributed by atoms with Crippen LogP contribution < -0.4 is 5.30 Å². The number of rotatable bonds is 2. The smallest absolute Gasteiger partial charge is 0.254 e. The third-order valence-electron chi connectivity index (χ3n) is 1.35. The first kappa shape index (κ1) is 11.9. The van der Waals surface area contributed by atoms with E-state index in [1.165, 1.54) is 12.1 Å². The van der Waals surface area contributed by atoms with Crippen molar-refractivity contribution in [3.63, 3.8) is 0 Å². The molecule has 1 aromatic rings. The summed E-state index contributed by atoms with van der Waals surface area (Å²) in [6.45, 7) is 0. The number of hydrogen-bond acceptors (Lipinski definition) is 2. The zero-order valence-electron chi connectivity index (χ0n) is 5.84. The molecule has 3 nitrogen and oxygen atoms in total. The van der Waals surface area contributed by atoms with Gasteiger partial charge in [-0.2, -0.15) is 0 Å². The van der Waals surface area contributed by atoms with Crippen molar-refractivity contribution in [1.82, 2.24) is 0 Å². The summed E-state index contributed by atoms with van der Waals surface area (Å²) in [6.07, 6.45) is -0.697. The maximum absolute atomic E-state index is 11.1. The molecule has 1 rings (SSSR count). The molecule has 2 N–H and O–H groups in total. The van der Waals surface area contributed by atoms with Crippen molar-refractivity contribution in [3.05, 3.63) is 30.3 Å². The van der Waals surface area contributed by atoms with Crippen LogP contribution in [-0.2, 0) is 4.57 Å². The van der Waals surface area contributed by atoms with Crippen LogP contribution in [0.2, 0.25) is 0 Å². The molecule has 1 unspecified atom stereocenters. The molecule has 0 saturated carbocycles. The highest BCUT2D eigenvalue weighted by Gasteiger charge is 2.18. The highest BCUT2D eigenvalue weighted by atomic mass is 31.2. The minimum absolute atomic E-state index is 0. The molecular weight excluding hydrogens is 190 g/mol. The van der Waals surface area contributed by atoms with E-state index in [2.05, 4.69) is 0 Å². The van der Waals surface area contributed by atoms with Crippen LogP contribution in [0.4, 0.5) is 0 Å². The van der Waals surface area contributed by atoms with Gasteiger partial charge in [-0.05, 0) is 12.1 Å². The lowest BCUT2D eigenvalue weighted by Gasteiger charge is -2.06. The van der Waals surface area contributed by atoms with Gasteiger partial charge in [-0.3, -0.25) is 4.57 Å². The summed E-state index contributed by atoms with van der Waals surface area (Å²) in [5.41, 5.74) is 0. The van der Waals surface area contributed by atoms with Gasteiger partial charge in [-0.15, -0.1) is 0 Å². The summed E-state index contributed by atoms with van der Waals surface area (Å²) < 4.78 is 11.1. The first-order chi connectivity index (χ1) is 5.17. The molecule has 5 heteroatoms. The van der Waals surface area contributed by atoms with Crippen LogP contribution in [0.15, 0.2) is 30.3 Å². The van der Waals surface area contributed by atoms with E-state index >= 15 is 0 Å². The van der Waals surface area contributed by atoms with Crippen molar-refractivity contribution in [3.8, 4) is 0 Å². The molecule has 0 radical (unpaired) electrons.